The van der Waals surface area contributed by atoms with Crippen LogP contribution in [0.2, 0.25) is 0 Å². The second-order valence-electron chi connectivity index (χ2n) is 5.14. The van der Waals surface area contributed by atoms with Crippen molar-refractivity contribution in [1.29, 1.82) is 0 Å². The van der Waals surface area contributed by atoms with E-state index in [1.165, 1.54) is 29.8 Å². The summed E-state index contributed by atoms with van der Waals surface area (Å²) in [5, 5.41) is -0.104. The lowest BCUT2D eigenvalue weighted by atomic mass is 10.1. The Morgan fingerprint density at radius 1 is 1.35 bits per heavy atom. The van der Waals surface area contributed by atoms with E-state index in [4.69, 9.17) is 4.74 Å². The summed E-state index contributed by atoms with van der Waals surface area (Å²) in [5.41, 5.74) is 0.858. The molecule has 0 aliphatic carbocycles. The van der Waals surface area contributed by atoms with Crippen molar-refractivity contribution in [3.05, 3.63) is 46.9 Å². The fraction of sp³-hybridized carbons (Fsp3) is 0.312. The highest BCUT2D eigenvalue weighted by Gasteiger charge is 2.53. The maximum Gasteiger partial charge on any atom is 0.334 e. The van der Waals surface area contributed by atoms with Gasteiger partial charge in [0.15, 0.2) is 6.04 Å². The number of methoxy groups -OCH3 is 1. The highest BCUT2D eigenvalue weighted by Crippen LogP contribution is 2.47. The molecule has 0 spiro atoms. The Morgan fingerprint density at radius 2 is 2.09 bits per heavy atom. The maximum atomic E-state index is 12.4. The second-order valence-corrected chi connectivity index (χ2v) is 6.39. The molecule has 2 atom stereocenters. The summed E-state index contributed by atoms with van der Waals surface area (Å²) in [6, 6.07) is 8.42. The second kappa shape index (κ2) is 6.45. The van der Waals surface area contributed by atoms with Gasteiger partial charge in [-0.1, -0.05) is 30.3 Å². The van der Waals surface area contributed by atoms with Crippen LogP contribution in [0.3, 0.4) is 0 Å². The maximum absolute atomic E-state index is 12.4. The third-order valence-corrected chi connectivity index (χ3v) is 4.95. The summed E-state index contributed by atoms with van der Waals surface area (Å²) in [7, 11) is 1.27. The van der Waals surface area contributed by atoms with Crippen LogP contribution in [-0.2, 0) is 30.5 Å². The Balaban J connectivity index is 1.74. The lowest BCUT2D eigenvalue weighted by Gasteiger charge is -2.35. The van der Waals surface area contributed by atoms with Gasteiger partial charge in [0.2, 0.25) is 5.91 Å². The van der Waals surface area contributed by atoms with Crippen LogP contribution < -0.4 is 0 Å². The molecule has 0 radical (unpaired) electrons. The predicted octanol–water partition coefficient (Wildman–Crippen LogP) is 1.46. The number of thioether (sulfide) groups is 1. The minimum atomic E-state index is -0.853. The zero-order chi connectivity index (χ0) is 16.4. The van der Waals surface area contributed by atoms with E-state index in [0.29, 0.717) is 11.3 Å². The average molecular weight is 333 g/mol. The number of ether oxygens (including phenoxy) is 2. The van der Waals surface area contributed by atoms with E-state index in [2.05, 4.69) is 4.74 Å². The smallest absolute Gasteiger partial charge is 0.334 e. The van der Waals surface area contributed by atoms with Gasteiger partial charge < -0.3 is 14.4 Å². The molecule has 2 aliphatic heterocycles. The number of benzene rings is 1. The molecule has 3 rings (SSSR count). The first kappa shape index (κ1) is 15.6. The highest BCUT2D eigenvalue weighted by atomic mass is 32.2. The van der Waals surface area contributed by atoms with E-state index in [1.807, 2.05) is 30.3 Å². The van der Waals surface area contributed by atoms with Gasteiger partial charge in [0, 0.05) is 11.0 Å². The Hall–Kier alpha value is -2.28. The number of β-lactam (4-membered cyclic amide) rings is 1. The lowest BCUT2D eigenvalue weighted by Crippen LogP contribution is -2.54. The van der Waals surface area contributed by atoms with Crippen molar-refractivity contribution >= 4 is 29.6 Å². The van der Waals surface area contributed by atoms with Crippen LogP contribution in [0.25, 0.3) is 0 Å². The van der Waals surface area contributed by atoms with Gasteiger partial charge in [-0.15, -0.1) is 11.8 Å². The van der Waals surface area contributed by atoms with E-state index < -0.39 is 18.0 Å². The molecule has 1 amide bonds. The van der Waals surface area contributed by atoms with Gasteiger partial charge in [0.05, 0.1) is 18.9 Å². The van der Waals surface area contributed by atoms with Crippen molar-refractivity contribution in [1.82, 2.24) is 4.90 Å². The van der Waals surface area contributed by atoms with Crippen LogP contribution >= 0.6 is 11.8 Å². The highest BCUT2D eigenvalue weighted by molar-refractivity contribution is 8.04. The molecule has 2 fully saturated rings. The number of hydrogen-bond acceptors (Lipinski definition) is 6. The fourth-order valence-corrected chi connectivity index (χ4v) is 3.89. The number of amides is 1. The van der Waals surface area contributed by atoms with E-state index in [-0.39, 0.29) is 17.9 Å². The quantitative estimate of drug-likeness (QED) is 0.472. The molecule has 0 saturated carbocycles. The molecular weight excluding hydrogens is 318 g/mol. The minimum Gasteiger partial charge on any atom is -0.466 e. The van der Waals surface area contributed by atoms with E-state index in [1.54, 1.807) is 0 Å². The molecule has 120 valence electrons. The van der Waals surface area contributed by atoms with Crippen LogP contribution in [0.1, 0.15) is 12.0 Å². The van der Waals surface area contributed by atoms with Crippen molar-refractivity contribution in [3.8, 4) is 0 Å². The first-order valence-corrected chi connectivity index (χ1v) is 7.96. The molecule has 0 aromatic heterocycles. The van der Waals surface area contributed by atoms with Crippen molar-refractivity contribution in [2.24, 2.45) is 0 Å². The molecule has 2 saturated heterocycles. The van der Waals surface area contributed by atoms with Crippen LogP contribution in [0, 0.1) is 0 Å². The first-order valence-electron chi connectivity index (χ1n) is 7.08. The molecule has 0 N–H and O–H groups in total. The topological polar surface area (TPSA) is 72.9 Å². The SMILES string of the molecule is COC(=O)/C=C1/S[C@@H]2CC(=O)N2[C@@H]1C(=O)OCc1ccccc1. The number of hydrogen-bond donors (Lipinski definition) is 0. The normalized spacial score (nSPS) is 24.1. The summed E-state index contributed by atoms with van der Waals surface area (Å²) in [4.78, 5) is 37.6. The van der Waals surface area contributed by atoms with Gasteiger partial charge >= 0.3 is 11.9 Å². The Bertz CT molecular complexity index is 672. The molecule has 6 nitrogen and oxygen atoms in total. The molecular formula is C16H15NO5S. The number of esters is 2. The van der Waals surface area contributed by atoms with Gasteiger partial charge in [-0.3, -0.25) is 4.79 Å². The number of carbonyl (C=O) groups is 3. The van der Waals surface area contributed by atoms with Crippen molar-refractivity contribution in [3.63, 3.8) is 0 Å². The Kier molecular flexibility index (Phi) is 4.38. The summed E-state index contributed by atoms with van der Waals surface area (Å²) in [6.07, 6.45) is 1.62. The van der Waals surface area contributed by atoms with Gasteiger partial charge in [-0.05, 0) is 5.56 Å². The van der Waals surface area contributed by atoms with Gasteiger partial charge in [-0.25, -0.2) is 9.59 Å². The van der Waals surface area contributed by atoms with Crippen molar-refractivity contribution in [2.75, 3.05) is 7.11 Å². The third-order valence-electron chi connectivity index (χ3n) is 3.68. The molecule has 1 aromatic carbocycles. The zero-order valence-electron chi connectivity index (χ0n) is 12.4. The molecule has 7 heteroatoms. The van der Waals surface area contributed by atoms with Gasteiger partial charge in [0.25, 0.3) is 0 Å². The van der Waals surface area contributed by atoms with Crippen LogP contribution in [0.15, 0.2) is 41.3 Å². The van der Waals surface area contributed by atoms with Crippen LogP contribution in [-0.4, -0.2) is 41.3 Å². The summed E-state index contributed by atoms with van der Waals surface area (Å²) in [5.74, 6) is -1.20. The van der Waals surface area contributed by atoms with Gasteiger partial charge in [-0.2, -0.15) is 0 Å². The molecule has 0 bridgehead atoms. The van der Waals surface area contributed by atoms with Crippen molar-refractivity contribution < 1.29 is 23.9 Å². The Labute approximate surface area is 137 Å². The number of rotatable bonds is 4. The predicted molar refractivity (Wildman–Crippen MR) is 83.0 cm³/mol. The monoisotopic (exact) mass is 333 g/mol. The van der Waals surface area contributed by atoms with Crippen molar-refractivity contribution in [2.45, 2.75) is 24.4 Å². The summed E-state index contributed by atoms with van der Waals surface area (Å²) < 4.78 is 9.92. The molecule has 23 heavy (non-hydrogen) atoms. The van der Waals surface area contributed by atoms with E-state index >= 15 is 0 Å². The molecule has 2 heterocycles. The van der Waals surface area contributed by atoms with Crippen LogP contribution in [0.4, 0.5) is 0 Å². The summed E-state index contributed by atoms with van der Waals surface area (Å²) in [6.45, 7) is 0.124. The first-order chi connectivity index (χ1) is 11.1. The van der Waals surface area contributed by atoms with E-state index in [0.717, 1.165) is 5.56 Å². The largest absolute Gasteiger partial charge is 0.466 e. The molecule has 1 aromatic rings. The minimum absolute atomic E-state index is 0.104. The molecule has 2 aliphatic rings. The van der Waals surface area contributed by atoms with Crippen LogP contribution in [0.5, 0.6) is 0 Å². The fourth-order valence-electron chi connectivity index (χ4n) is 2.49. The Morgan fingerprint density at radius 3 is 2.74 bits per heavy atom. The van der Waals surface area contributed by atoms with Gasteiger partial charge in [0.1, 0.15) is 6.61 Å². The number of fused-ring (bicyclic) bond motifs is 1. The number of carbonyl (C=O) groups excluding carboxylic acids is 3. The third kappa shape index (κ3) is 3.10. The molecule has 0 unspecified atom stereocenters. The number of nitrogens with zero attached hydrogens (tertiary/aromatic N) is 1. The standard InChI is InChI=1S/C16H15NO5S/c1-21-14(19)7-11-15(17-12(18)8-13(17)23-11)16(20)22-9-10-5-3-2-4-6-10/h2-7,13,15H,8-9H2,1H3/b11-7+/t13-,15+/m1/s1. The lowest BCUT2D eigenvalue weighted by molar-refractivity contribution is -0.159. The van der Waals surface area contributed by atoms with E-state index in [9.17, 15) is 14.4 Å². The summed E-state index contributed by atoms with van der Waals surface area (Å²) >= 11 is 1.33. The zero-order valence-corrected chi connectivity index (χ0v) is 13.2. The average Bonchev–Trinajstić information content (AvgIpc) is 2.85.